The van der Waals surface area contributed by atoms with Gasteiger partial charge in [-0.25, -0.2) is 4.79 Å². The summed E-state index contributed by atoms with van der Waals surface area (Å²) in [5.74, 6) is -0.833. The molecule has 0 aliphatic carbocycles. The maximum absolute atomic E-state index is 12.3. The number of nitro benzene ring substituents is 1. The molecule has 0 fully saturated rings. The van der Waals surface area contributed by atoms with Gasteiger partial charge >= 0.3 is 5.97 Å². The van der Waals surface area contributed by atoms with E-state index < -0.39 is 16.8 Å². The van der Waals surface area contributed by atoms with Crippen LogP contribution in [0.3, 0.4) is 0 Å². The highest BCUT2D eigenvalue weighted by atomic mass is 16.6. The number of ether oxygens (including phenoxy) is 1. The molecule has 0 atom stereocenters. The lowest BCUT2D eigenvalue weighted by atomic mass is 10.1. The van der Waals surface area contributed by atoms with Crippen molar-refractivity contribution in [2.45, 2.75) is 0 Å². The van der Waals surface area contributed by atoms with Crippen LogP contribution in [-0.2, 0) is 4.79 Å². The molecule has 0 bridgehead atoms. The van der Waals surface area contributed by atoms with Gasteiger partial charge in [0.25, 0.3) is 11.6 Å². The molecular formula is C23H15N3O5. The zero-order chi connectivity index (χ0) is 22.2. The number of amides is 1. The maximum Gasteiger partial charge on any atom is 0.343 e. The second-order valence-electron chi connectivity index (χ2n) is 6.25. The number of carbonyl (C=O) groups excluding carboxylic acids is 2. The molecule has 8 nitrogen and oxygen atoms in total. The lowest BCUT2D eigenvalue weighted by Crippen LogP contribution is -2.13. The molecule has 3 rings (SSSR count). The van der Waals surface area contributed by atoms with Gasteiger partial charge in [-0.05, 0) is 48.0 Å². The van der Waals surface area contributed by atoms with Crippen LogP contribution in [0.4, 0.5) is 11.4 Å². The minimum absolute atomic E-state index is 0.109. The SMILES string of the molecule is N#C/C(=C\c1ccc(OC(=O)c2ccccc2)cc1)C(=O)Nc1ccc([N+](=O)[O-])cc1. The monoisotopic (exact) mass is 413 g/mol. The molecule has 0 heterocycles. The van der Waals surface area contributed by atoms with Crippen molar-refractivity contribution >= 4 is 29.3 Å². The largest absolute Gasteiger partial charge is 0.423 e. The number of nitriles is 1. The number of hydrogen-bond donors (Lipinski definition) is 1. The van der Waals surface area contributed by atoms with E-state index in [2.05, 4.69) is 5.32 Å². The average Bonchev–Trinajstić information content (AvgIpc) is 2.79. The van der Waals surface area contributed by atoms with E-state index in [4.69, 9.17) is 4.74 Å². The topological polar surface area (TPSA) is 122 Å². The average molecular weight is 413 g/mol. The van der Waals surface area contributed by atoms with Crippen molar-refractivity contribution in [2.24, 2.45) is 0 Å². The Labute approximate surface area is 177 Å². The summed E-state index contributed by atoms with van der Waals surface area (Å²) in [6.07, 6.45) is 1.38. The van der Waals surface area contributed by atoms with E-state index in [9.17, 15) is 25.0 Å². The summed E-state index contributed by atoms with van der Waals surface area (Å²) in [6.45, 7) is 0. The first kappa shape index (κ1) is 21.0. The number of carbonyl (C=O) groups is 2. The number of anilines is 1. The number of hydrogen-bond acceptors (Lipinski definition) is 6. The van der Waals surface area contributed by atoms with Gasteiger partial charge in [0.05, 0.1) is 10.5 Å². The minimum atomic E-state index is -0.657. The fourth-order valence-corrected chi connectivity index (χ4v) is 2.55. The molecule has 0 aliphatic heterocycles. The van der Waals surface area contributed by atoms with Crippen molar-refractivity contribution in [1.29, 1.82) is 5.26 Å². The molecule has 0 spiro atoms. The predicted molar refractivity (Wildman–Crippen MR) is 113 cm³/mol. The highest BCUT2D eigenvalue weighted by Crippen LogP contribution is 2.18. The number of rotatable bonds is 6. The Kier molecular flexibility index (Phi) is 6.50. The molecule has 0 aliphatic rings. The Bertz CT molecular complexity index is 1180. The predicted octanol–water partition coefficient (Wildman–Crippen LogP) is 4.36. The first-order chi connectivity index (χ1) is 15.0. The normalized spacial score (nSPS) is 10.6. The molecule has 8 heteroatoms. The van der Waals surface area contributed by atoms with Gasteiger partial charge in [0.15, 0.2) is 0 Å². The van der Waals surface area contributed by atoms with E-state index in [1.54, 1.807) is 54.6 Å². The summed E-state index contributed by atoms with van der Waals surface area (Å²) in [7, 11) is 0. The molecule has 0 saturated heterocycles. The smallest absolute Gasteiger partial charge is 0.343 e. The molecule has 1 amide bonds. The molecule has 0 unspecified atom stereocenters. The molecular weight excluding hydrogens is 398 g/mol. The number of non-ortho nitro benzene ring substituents is 1. The third-order valence-electron chi connectivity index (χ3n) is 4.11. The van der Waals surface area contributed by atoms with Crippen molar-refractivity contribution < 1.29 is 19.2 Å². The van der Waals surface area contributed by atoms with Crippen molar-refractivity contribution in [2.75, 3.05) is 5.32 Å². The van der Waals surface area contributed by atoms with Crippen molar-refractivity contribution in [1.82, 2.24) is 0 Å². The van der Waals surface area contributed by atoms with Gasteiger partial charge in [-0.1, -0.05) is 30.3 Å². The van der Waals surface area contributed by atoms with Crippen LogP contribution in [-0.4, -0.2) is 16.8 Å². The van der Waals surface area contributed by atoms with Gasteiger partial charge in [0.2, 0.25) is 0 Å². The summed E-state index contributed by atoms with van der Waals surface area (Å²) in [4.78, 5) is 34.5. The second-order valence-corrected chi connectivity index (χ2v) is 6.25. The molecule has 1 N–H and O–H groups in total. The molecule has 3 aromatic carbocycles. The Hall–Kier alpha value is -4.77. The van der Waals surface area contributed by atoms with Crippen LogP contribution in [0.15, 0.2) is 84.4 Å². The van der Waals surface area contributed by atoms with Crippen molar-refractivity contribution in [3.05, 3.63) is 106 Å². The van der Waals surface area contributed by atoms with E-state index in [0.717, 1.165) is 0 Å². The maximum atomic E-state index is 12.3. The summed E-state index contributed by atoms with van der Waals surface area (Å²) < 4.78 is 5.29. The zero-order valence-electron chi connectivity index (χ0n) is 16.0. The number of esters is 1. The molecule has 0 radical (unpaired) electrons. The molecule has 0 aromatic heterocycles. The number of nitrogens with one attached hydrogen (secondary N) is 1. The fourth-order valence-electron chi connectivity index (χ4n) is 2.55. The lowest BCUT2D eigenvalue weighted by molar-refractivity contribution is -0.384. The van der Waals surface area contributed by atoms with E-state index in [1.165, 1.54) is 30.3 Å². The molecule has 152 valence electrons. The fraction of sp³-hybridized carbons (Fsp3) is 0. The first-order valence-corrected chi connectivity index (χ1v) is 9.01. The summed E-state index contributed by atoms with van der Waals surface area (Å²) >= 11 is 0. The molecule has 3 aromatic rings. The van der Waals surface area contributed by atoms with Gasteiger partial charge in [-0.3, -0.25) is 14.9 Å². The third-order valence-corrected chi connectivity index (χ3v) is 4.11. The van der Waals surface area contributed by atoms with Crippen LogP contribution < -0.4 is 10.1 Å². The summed E-state index contributed by atoms with van der Waals surface area (Å²) in [6, 6.07) is 21.9. The van der Waals surface area contributed by atoms with E-state index in [-0.39, 0.29) is 11.3 Å². The summed E-state index contributed by atoms with van der Waals surface area (Å²) in [5, 5.41) is 22.5. The molecule has 0 saturated carbocycles. The number of nitro groups is 1. The van der Waals surface area contributed by atoms with Crippen LogP contribution in [0.25, 0.3) is 6.08 Å². The number of nitrogens with zero attached hydrogens (tertiary/aromatic N) is 2. The highest BCUT2D eigenvalue weighted by Gasteiger charge is 2.12. The van der Waals surface area contributed by atoms with Crippen molar-refractivity contribution in [3.63, 3.8) is 0 Å². The standard InChI is InChI=1S/C23H15N3O5/c24-15-18(22(27)25-19-8-10-20(11-9-19)26(29)30)14-16-6-12-21(13-7-16)31-23(28)17-4-2-1-3-5-17/h1-14H,(H,25,27)/b18-14+. The van der Waals surface area contributed by atoms with Gasteiger partial charge in [0, 0.05) is 17.8 Å². The van der Waals surface area contributed by atoms with E-state index >= 15 is 0 Å². The Morgan fingerprint density at radius 1 is 0.968 bits per heavy atom. The third kappa shape index (κ3) is 5.62. The van der Waals surface area contributed by atoms with Crippen LogP contribution in [0, 0.1) is 21.4 Å². The van der Waals surface area contributed by atoms with Crippen LogP contribution in [0.2, 0.25) is 0 Å². The van der Waals surface area contributed by atoms with Crippen LogP contribution >= 0.6 is 0 Å². The highest BCUT2D eigenvalue weighted by molar-refractivity contribution is 6.09. The quantitative estimate of drug-likeness (QED) is 0.160. The Morgan fingerprint density at radius 2 is 1.61 bits per heavy atom. The zero-order valence-corrected chi connectivity index (χ0v) is 16.0. The Morgan fingerprint density at radius 3 is 2.19 bits per heavy atom. The minimum Gasteiger partial charge on any atom is -0.423 e. The van der Waals surface area contributed by atoms with Crippen LogP contribution in [0.1, 0.15) is 15.9 Å². The van der Waals surface area contributed by atoms with Gasteiger partial charge in [-0.15, -0.1) is 0 Å². The summed E-state index contributed by atoms with van der Waals surface area (Å²) in [5.41, 5.74) is 1.02. The van der Waals surface area contributed by atoms with Crippen LogP contribution in [0.5, 0.6) is 5.75 Å². The number of benzene rings is 3. The van der Waals surface area contributed by atoms with Gasteiger partial charge < -0.3 is 10.1 Å². The van der Waals surface area contributed by atoms with E-state index in [0.29, 0.717) is 22.6 Å². The lowest BCUT2D eigenvalue weighted by Gasteiger charge is -2.06. The second kappa shape index (κ2) is 9.62. The van der Waals surface area contributed by atoms with Gasteiger partial charge in [0.1, 0.15) is 17.4 Å². The van der Waals surface area contributed by atoms with E-state index in [1.807, 2.05) is 6.07 Å². The van der Waals surface area contributed by atoms with Crippen molar-refractivity contribution in [3.8, 4) is 11.8 Å². The van der Waals surface area contributed by atoms with Gasteiger partial charge in [-0.2, -0.15) is 5.26 Å². The first-order valence-electron chi connectivity index (χ1n) is 9.01. The molecule has 31 heavy (non-hydrogen) atoms. The Balaban J connectivity index is 1.67.